The summed E-state index contributed by atoms with van der Waals surface area (Å²) in [7, 11) is 0. The molecule has 6 heteroatoms. The minimum absolute atomic E-state index is 0.168. The lowest BCUT2D eigenvalue weighted by atomic mass is 10.3. The molecular weight excluding hydrogens is 212 g/mol. The Balaban J connectivity index is 2.43. The second kappa shape index (κ2) is 3.03. The summed E-state index contributed by atoms with van der Waals surface area (Å²) in [5, 5.41) is 6.02. The average molecular weight is 218 g/mol. The van der Waals surface area contributed by atoms with Crippen molar-refractivity contribution in [3.8, 4) is 10.6 Å². The SMILES string of the molecule is O=c1cc(-c2cccs2)n2ncnc2[nH]1. The van der Waals surface area contributed by atoms with Crippen molar-refractivity contribution in [2.24, 2.45) is 0 Å². The van der Waals surface area contributed by atoms with Gasteiger partial charge in [0.1, 0.15) is 6.33 Å². The quantitative estimate of drug-likeness (QED) is 0.666. The number of aromatic amines is 1. The fourth-order valence-corrected chi connectivity index (χ4v) is 2.16. The summed E-state index contributed by atoms with van der Waals surface area (Å²) in [6.45, 7) is 0. The number of thiophene rings is 1. The summed E-state index contributed by atoms with van der Waals surface area (Å²) in [6, 6.07) is 5.40. The van der Waals surface area contributed by atoms with E-state index in [0.717, 1.165) is 10.6 Å². The molecule has 5 nitrogen and oxygen atoms in total. The highest BCUT2D eigenvalue weighted by molar-refractivity contribution is 7.13. The van der Waals surface area contributed by atoms with Crippen molar-refractivity contribution in [2.75, 3.05) is 0 Å². The summed E-state index contributed by atoms with van der Waals surface area (Å²) in [4.78, 5) is 18.9. The Bertz CT molecular complexity index is 652. The summed E-state index contributed by atoms with van der Waals surface area (Å²) in [6.07, 6.45) is 1.42. The van der Waals surface area contributed by atoms with Gasteiger partial charge in [0, 0.05) is 6.07 Å². The maximum atomic E-state index is 11.4. The molecule has 0 aromatic carbocycles. The van der Waals surface area contributed by atoms with Gasteiger partial charge in [-0.05, 0) is 11.4 Å². The van der Waals surface area contributed by atoms with Gasteiger partial charge in [0.15, 0.2) is 0 Å². The van der Waals surface area contributed by atoms with E-state index < -0.39 is 0 Å². The topological polar surface area (TPSA) is 63.1 Å². The molecule has 0 aliphatic heterocycles. The molecule has 3 rings (SSSR count). The fraction of sp³-hybridized carbons (Fsp3) is 0. The third-order valence-corrected chi connectivity index (χ3v) is 2.94. The largest absolute Gasteiger partial charge is 0.291 e. The van der Waals surface area contributed by atoms with Crippen LogP contribution in [-0.2, 0) is 0 Å². The summed E-state index contributed by atoms with van der Waals surface area (Å²) in [5.41, 5.74) is 0.597. The molecule has 3 aromatic rings. The lowest BCUT2D eigenvalue weighted by Gasteiger charge is -1.99. The molecule has 0 bridgehead atoms. The van der Waals surface area contributed by atoms with E-state index in [-0.39, 0.29) is 5.56 Å². The molecule has 1 N–H and O–H groups in total. The Labute approximate surface area is 88.0 Å². The average Bonchev–Trinajstić information content (AvgIpc) is 2.86. The van der Waals surface area contributed by atoms with Crippen LogP contribution in [-0.4, -0.2) is 19.6 Å². The van der Waals surface area contributed by atoms with Crippen molar-refractivity contribution in [3.05, 3.63) is 40.3 Å². The first kappa shape index (κ1) is 8.37. The van der Waals surface area contributed by atoms with Crippen molar-refractivity contribution in [3.63, 3.8) is 0 Å². The van der Waals surface area contributed by atoms with Crippen LogP contribution in [0.3, 0.4) is 0 Å². The first-order valence-corrected chi connectivity index (χ1v) is 5.19. The van der Waals surface area contributed by atoms with Gasteiger partial charge in [-0.3, -0.25) is 9.78 Å². The molecule has 0 saturated carbocycles. The molecule has 0 fully saturated rings. The van der Waals surface area contributed by atoms with Crippen LogP contribution in [0, 0.1) is 0 Å². The van der Waals surface area contributed by atoms with Gasteiger partial charge >= 0.3 is 0 Å². The maximum Gasteiger partial charge on any atom is 0.252 e. The van der Waals surface area contributed by atoms with E-state index in [1.165, 1.54) is 12.4 Å². The minimum Gasteiger partial charge on any atom is -0.291 e. The van der Waals surface area contributed by atoms with Crippen molar-refractivity contribution in [2.45, 2.75) is 0 Å². The molecule has 15 heavy (non-hydrogen) atoms. The lowest BCUT2D eigenvalue weighted by molar-refractivity contribution is 0.941. The van der Waals surface area contributed by atoms with Crippen LogP contribution in [0.5, 0.6) is 0 Å². The highest BCUT2D eigenvalue weighted by Crippen LogP contribution is 2.22. The third-order valence-electron chi connectivity index (χ3n) is 2.05. The standard InChI is InChI=1S/C9H6N4OS/c14-8-4-6(7-2-1-3-15-7)13-9(12-8)10-5-11-13/h1-5H,(H,10,11,12,14). The predicted octanol–water partition coefficient (Wildman–Crippen LogP) is 1.15. The van der Waals surface area contributed by atoms with Crippen LogP contribution in [0.1, 0.15) is 0 Å². The van der Waals surface area contributed by atoms with E-state index in [4.69, 9.17) is 0 Å². The van der Waals surface area contributed by atoms with Crippen LogP contribution in [0.25, 0.3) is 16.3 Å². The first-order chi connectivity index (χ1) is 7.34. The van der Waals surface area contributed by atoms with Crippen LogP contribution in [0.4, 0.5) is 0 Å². The monoisotopic (exact) mass is 218 g/mol. The Morgan fingerprint density at radius 2 is 2.40 bits per heavy atom. The van der Waals surface area contributed by atoms with E-state index in [2.05, 4.69) is 15.1 Å². The molecule has 3 aromatic heterocycles. The van der Waals surface area contributed by atoms with Gasteiger partial charge in [0.2, 0.25) is 5.78 Å². The normalized spacial score (nSPS) is 10.9. The van der Waals surface area contributed by atoms with E-state index >= 15 is 0 Å². The Morgan fingerprint density at radius 1 is 1.47 bits per heavy atom. The predicted molar refractivity (Wildman–Crippen MR) is 56.9 cm³/mol. The highest BCUT2D eigenvalue weighted by atomic mass is 32.1. The number of H-pyrrole nitrogens is 1. The van der Waals surface area contributed by atoms with E-state index in [9.17, 15) is 4.79 Å². The first-order valence-electron chi connectivity index (χ1n) is 4.31. The molecule has 0 saturated heterocycles. The highest BCUT2D eigenvalue weighted by Gasteiger charge is 2.07. The zero-order chi connectivity index (χ0) is 10.3. The number of nitrogens with one attached hydrogen (secondary N) is 1. The Kier molecular flexibility index (Phi) is 1.69. The van der Waals surface area contributed by atoms with Crippen molar-refractivity contribution >= 4 is 17.1 Å². The summed E-state index contributed by atoms with van der Waals surface area (Å²) < 4.78 is 1.62. The summed E-state index contributed by atoms with van der Waals surface area (Å²) >= 11 is 1.56. The van der Waals surface area contributed by atoms with Crippen LogP contribution < -0.4 is 5.56 Å². The smallest absolute Gasteiger partial charge is 0.252 e. The van der Waals surface area contributed by atoms with Crippen LogP contribution in [0.2, 0.25) is 0 Å². The molecule has 0 spiro atoms. The molecule has 0 unspecified atom stereocenters. The molecule has 3 heterocycles. The van der Waals surface area contributed by atoms with Gasteiger partial charge in [-0.1, -0.05) is 6.07 Å². The molecule has 0 amide bonds. The van der Waals surface area contributed by atoms with Crippen molar-refractivity contribution < 1.29 is 0 Å². The number of nitrogens with zero attached hydrogens (tertiary/aromatic N) is 3. The lowest BCUT2D eigenvalue weighted by Crippen LogP contribution is -2.09. The minimum atomic E-state index is -0.168. The van der Waals surface area contributed by atoms with Gasteiger partial charge < -0.3 is 0 Å². The molecular formula is C9H6N4OS. The molecule has 74 valence electrons. The number of hydrogen-bond acceptors (Lipinski definition) is 4. The Morgan fingerprint density at radius 3 is 3.20 bits per heavy atom. The second-order valence-electron chi connectivity index (χ2n) is 2.99. The van der Waals surface area contributed by atoms with Gasteiger partial charge in [-0.2, -0.15) is 14.6 Å². The number of fused-ring (bicyclic) bond motifs is 1. The van der Waals surface area contributed by atoms with Crippen molar-refractivity contribution in [1.29, 1.82) is 0 Å². The third kappa shape index (κ3) is 1.26. The van der Waals surface area contributed by atoms with Crippen molar-refractivity contribution in [1.82, 2.24) is 19.6 Å². The van der Waals surface area contributed by atoms with Gasteiger partial charge in [-0.15, -0.1) is 11.3 Å². The number of aromatic nitrogens is 4. The van der Waals surface area contributed by atoms with Gasteiger partial charge in [0.25, 0.3) is 5.56 Å². The maximum absolute atomic E-state index is 11.4. The summed E-state index contributed by atoms with van der Waals surface area (Å²) in [5.74, 6) is 0.464. The van der Waals surface area contributed by atoms with Crippen LogP contribution >= 0.6 is 11.3 Å². The number of hydrogen-bond donors (Lipinski definition) is 1. The zero-order valence-corrected chi connectivity index (χ0v) is 8.36. The van der Waals surface area contributed by atoms with E-state index in [1.807, 2.05) is 17.5 Å². The van der Waals surface area contributed by atoms with Gasteiger partial charge in [-0.25, -0.2) is 0 Å². The Hall–Kier alpha value is -1.95. The van der Waals surface area contributed by atoms with Gasteiger partial charge in [0.05, 0.1) is 10.6 Å². The molecule has 0 aliphatic rings. The van der Waals surface area contributed by atoms with E-state index in [0.29, 0.717) is 5.78 Å². The zero-order valence-electron chi connectivity index (χ0n) is 7.54. The number of rotatable bonds is 1. The molecule has 0 aliphatic carbocycles. The van der Waals surface area contributed by atoms with E-state index in [1.54, 1.807) is 15.9 Å². The second-order valence-corrected chi connectivity index (χ2v) is 3.94. The molecule has 0 atom stereocenters. The van der Waals surface area contributed by atoms with Crippen LogP contribution in [0.15, 0.2) is 34.7 Å². The fourth-order valence-electron chi connectivity index (χ4n) is 1.43. The molecule has 0 radical (unpaired) electrons.